The summed E-state index contributed by atoms with van der Waals surface area (Å²) in [5.74, 6) is 0. The first-order chi connectivity index (χ1) is 7.91. The predicted molar refractivity (Wildman–Crippen MR) is 74.8 cm³/mol. The van der Waals surface area contributed by atoms with Crippen molar-refractivity contribution in [3.63, 3.8) is 0 Å². The molecular formula is C15H18ClN. The molecule has 1 heterocycles. The summed E-state index contributed by atoms with van der Waals surface area (Å²) in [6, 6.07) is 8.57. The molecule has 90 valence electrons. The SMILES string of the molecule is CCc1cc2cc(C(C)(C)C)ccc2nc1Cl. The van der Waals surface area contributed by atoms with E-state index in [4.69, 9.17) is 11.6 Å². The molecule has 0 atom stereocenters. The Morgan fingerprint density at radius 2 is 1.88 bits per heavy atom. The first kappa shape index (κ1) is 12.4. The highest BCUT2D eigenvalue weighted by Crippen LogP contribution is 2.27. The van der Waals surface area contributed by atoms with Gasteiger partial charge in [0.1, 0.15) is 5.15 Å². The molecule has 0 saturated carbocycles. The third kappa shape index (κ3) is 2.44. The van der Waals surface area contributed by atoms with Crippen LogP contribution in [0.4, 0.5) is 0 Å². The van der Waals surface area contributed by atoms with Gasteiger partial charge < -0.3 is 0 Å². The van der Waals surface area contributed by atoms with E-state index in [9.17, 15) is 0 Å². The number of nitrogens with zero attached hydrogens (tertiary/aromatic N) is 1. The third-order valence-corrected chi connectivity index (χ3v) is 3.42. The average Bonchev–Trinajstić information content (AvgIpc) is 2.26. The Hall–Kier alpha value is -1.08. The van der Waals surface area contributed by atoms with Crippen LogP contribution in [0.25, 0.3) is 10.9 Å². The van der Waals surface area contributed by atoms with Crippen LogP contribution in [0.15, 0.2) is 24.3 Å². The van der Waals surface area contributed by atoms with Crippen LogP contribution in [-0.2, 0) is 11.8 Å². The van der Waals surface area contributed by atoms with E-state index in [0.717, 1.165) is 17.5 Å². The van der Waals surface area contributed by atoms with Gasteiger partial charge in [-0.3, -0.25) is 0 Å². The van der Waals surface area contributed by atoms with Gasteiger partial charge in [-0.05, 0) is 41.2 Å². The minimum Gasteiger partial charge on any atom is -0.236 e. The summed E-state index contributed by atoms with van der Waals surface area (Å²) in [6.45, 7) is 8.76. The van der Waals surface area contributed by atoms with E-state index in [1.54, 1.807) is 0 Å². The fraction of sp³-hybridized carbons (Fsp3) is 0.400. The number of aromatic nitrogens is 1. The molecule has 1 aromatic heterocycles. The molecule has 0 radical (unpaired) electrons. The largest absolute Gasteiger partial charge is 0.236 e. The molecule has 0 amide bonds. The number of hydrogen-bond acceptors (Lipinski definition) is 1. The normalized spacial score (nSPS) is 12.1. The van der Waals surface area contributed by atoms with Crippen LogP contribution in [0.3, 0.4) is 0 Å². The minimum atomic E-state index is 0.167. The Morgan fingerprint density at radius 3 is 2.47 bits per heavy atom. The van der Waals surface area contributed by atoms with Crippen molar-refractivity contribution in [3.8, 4) is 0 Å². The molecular weight excluding hydrogens is 230 g/mol. The molecule has 0 spiro atoms. The summed E-state index contributed by atoms with van der Waals surface area (Å²) in [4.78, 5) is 4.44. The standard InChI is InChI=1S/C15H18ClN/c1-5-10-8-11-9-12(15(2,3)4)6-7-13(11)17-14(10)16/h6-9H,5H2,1-4H3. The Balaban J connectivity index is 2.65. The summed E-state index contributed by atoms with van der Waals surface area (Å²) in [5.41, 5.74) is 3.59. The van der Waals surface area contributed by atoms with Gasteiger partial charge in [-0.25, -0.2) is 4.98 Å². The van der Waals surface area contributed by atoms with Crippen molar-refractivity contribution in [2.45, 2.75) is 39.5 Å². The first-order valence-electron chi connectivity index (χ1n) is 6.01. The number of benzene rings is 1. The van der Waals surface area contributed by atoms with Gasteiger partial charge in [-0.1, -0.05) is 45.4 Å². The number of pyridine rings is 1. The molecule has 1 nitrogen and oxygen atoms in total. The van der Waals surface area contributed by atoms with E-state index < -0.39 is 0 Å². The predicted octanol–water partition coefficient (Wildman–Crippen LogP) is 4.75. The molecule has 0 aliphatic carbocycles. The molecule has 0 unspecified atom stereocenters. The van der Waals surface area contributed by atoms with Gasteiger partial charge in [0.2, 0.25) is 0 Å². The molecule has 0 aliphatic heterocycles. The highest BCUT2D eigenvalue weighted by atomic mass is 35.5. The van der Waals surface area contributed by atoms with E-state index in [1.807, 2.05) is 0 Å². The molecule has 2 heteroatoms. The van der Waals surface area contributed by atoms with Crippen LogP contribution < -0.4 is 0 Å². The Kier molecular flexibility index (Phi) is 3.13. The van der Waals surface area contributed by atoms with Crippen molar-refractivity contribution in [2.75, 3.05) is 0 Å². The maximum Gasteiger partial charge on any atom is 0.132 e. The first-order valence-corrected chi connectivity index (χ1v) is 6.39. The maximum absolute atomic E-state index is 6.12. The van der Waals surface area contributed by atoms with E-state index in [-0.39, 0.29) is 5.41 Å². The zero-order valence-electron chi connectivity index (χ0n) is 10.8. The molecule has 1 aromatic carbocycles. The van der Waals surface area contributed by atoms with E-state index in [1.165, 1.54) is 10.9 Å². The Bertz CT molecular complexity index is 553. The Morgan fingerprint density at radius 1 is 1.18 bits per heavy atom. The van der Waals surface area contributed by atoms with Crippen molar-refractivity contribution >= 4 is 22.5 Å². The monoisotopic (exact) mass is 247 g/mol. The maximum atomic E-state index is 6.12. The van der Waals surface area contributed by atoms with Crippen molar-refractivity contribution in [1.82, 2.24) is 4.98 Å². The van der Waals surface area contributed by atoms with Crippen LogP contribution in [0.2, 0.25) is 5.15 Å². The molecule has 2 rings (SSSR count). The van der Waals surface area contributed by atoms with Crippen LogP contribution in [0, 0.1) is 0 Å². The Labute approximate surface area is 108 Å². The minimum absolute atomic E-state index is 0.167. The summed E-state index contributed by atoms with van der Waals surface area (Å²) in [5, 5.41) is 1.81. The van der Waals surface area contributed by atoms with Crippen molar-refractivity contribution < 1.29 is 0 Å². The quantitative estimate of drug-likeness (QED) is 0.663. The highest BCUT2D eigenvalue weighted by molar-refractivity contribution is 6.30. The van der Waals surface area contributed by atoms with Crippen LogP contribution >= 0.6 is 11.6 Å². The van der Waals surface area contributed by atoms with Crippen LogP contribution in [0.1, 0.15) is 38.8 Å². The molecule has 17 heavy (non-hydrogen) atoms. The molecule has 0 aliphatic rings. The number of aryl methyl sites for hydroxylation is 1. The van der Waals surface area contributed by atoms with Gasteiger partial charge in [0.15, 0.2) is 0 Å². The number of hydrogen-bond donors (Lipinski definition) is 0. The smallest absolute Gasteiger partial charge is 0.132 e. The molecule has 0 N–H and O–H groups in total. The summed E-state index contributed by atoms with van der Waals surface area (Å²) >= 11 is 6.12. The molecule has 0 saturated heterocycles. The lowest BCUT2D eigenvalue weighted by atomic mass is 9.86. The number of halogens is 1. The second-order valence-corrected chi connectivity index (χ2v) is 5.81. The topological polar surface area (TPSA) is 12.9 Å². The molecule has 0 bridgehead atoms. The van der Waals surface area contributed by atoms with Crippen LogP contribution in [-0.4, -0.2) is 4.98 Å². The van der Waals surface area contributed by atoms with Gasteiger partial charge in [-0.15, -0.1) is 0 Å². The zero-order chi connectivity index (χ0) is 12.6. The number of fused-ring (bicyclic) bond motifs is 1. The van der Waals surface area contributed by atoms with Gasteiger partial charge >= 0.3 is 0 Å². The van der Waals surface area contributed by atoms with Gasteiger partial charge in [-0.2, -0.15) is 0 Å². The lowest BCUT2D eigenvalue weighted by Gasteiger charge is -2.19. The second-order valence-electron chi connectivity index (χ2n) is 5.45. The zero-order valence-corrected chi connectivity index (χ0v) is 11.6. The van der Waals surface area contributed by atoms with E-state index >= 15 is 0 Å². The van der Waals surface area contributed by atoms with Gasteiger partial charge in [0.05, 0.1) is 5.52 Å². The molecule has 0 fully saturated rings. The summed E-state index contributed by atoms with van der Waals surface area (Å²) in [7, 11) is 0. The van der Waals surface area contributed by atoms with E-state index in [2.05, 4.69) is 56.9 Å². The third-order valence-electron chi connectivity index (χ3n) is 3.09. The van der Waals surface area contributed by atoms with E-state index in [0.29, 0.717) is 5.15 Å². The van der Waals surface area contributed by atoms with Crippen molar-refractivity contribution in [3.05, 3.63) is 40.5 Å². The summed E-state index contributed by atoms with van der Waals surface area (Å²) in [6.07, 6.45) is 0.918. The lowest BCUT2D eigenvalue weighted by Crippen LogP contribution is -2.10. The fourth-order valence-electron chi connectivity index (χ4n) is 1.91. The fourth-order valence-corrected chi connectivity index (χ4v) is 2.19. The van der Waals surface area contributed by atoms with Crippen molar-refractivity contribution in [2.24, 2.45) is 0 Å². The average molecular weight is 248 g/mol. The second kappa shape index (κ2) is 4.30. The lowest BCUT2D eigenvalue weighted by molar-refractivity contribution is 0.591. The van der Waals surface area contributed by atoms with Gasteiger partial charge in [0, 0.05) is 5.39 Å². The highest BCUT2D eigenvalue weighted by Gasteiger charge is 2.14. The van der Waals surface area contributed by atoms with Crippen LogP contribution in [0.5, 0.6) is 0 Å². The van der Waals surface area contributed by atoms with Gasteiger partial charge in [0.25, 0.3) is 0 Å². The van der Waals surface area contributed by atoms with Crippen molar-refractivity contribution in [1.29, 1.82) is 0 Å². The number of rotatable bonds is 1. The molecule has 2 aromatic rings. The summed E-state index contributed by atoms with van der Waals surface area (Å²) < 4.78 is 0.